The lowest BCUT2D eigenvalue weighted by Gasteiger charge is -2.09. The molecule has 0 radical (unpaired) electrons. The Morgan fingerprint density at radius 1 is 1.35 bits per heavy atom. The van der Waals surface area contributed by atoms with Gasteiger partial charge in [0.05, 0.1) is 17.7 Å². The Balaban J connectivity index is 2.92. The average molecular weight is 232 g/mol. The van der Waals surface area contributed by atoms with Crippen LogP contribution in [0.3, 0.4) is 0 Å². The van der Waals surface area contributed by atoms with Gasteiger partial charge in [-0.05, 0) is 26.0 Å². The molecular weight excluding hydrogens is 220 g/mol. The summed E-state index contributed by atoms with van der Waals surface area (Å²) in [4.78, 5) is 19.8. The van der Waals surface area contributed by atoms with Crippen molar-refractivity contribution in [2.75, 3.05) is 0 Å². The van der Waals surface area contributed by atoms with Gasteiger partial charge in [-0.2, -0.15) is 0 Å². The largest absolute Gasteiger partial charge is 0.505 e. The van der Waals surface area contributed by atoms with Gasteiger partial charge < -0.3 is 10.2 Å². The van der Waals surface area contributed by atoms with E-state index in [2.05, 4.69) is 9.97 Å². The second-order valence-corrected chi connectivity index (χ2v) is 3.82. The van der Waals surface area contributed by atoms with Gasteiger partial charge in [-0.25, -0.2) is 4.98 Å². The second-order valence-electron chi connectivity index (χ2n) is 3.82. The third kappa shape index (κ3) is 1.85. The Kier molecular flexibility index (Phi) is 2.77. The summed E-state index contributed by atoms with van der Waals surface area (Å²) in [5.74, 6) is -0.590. The smallest absolute Gasteiger partial charge is 0.165 e. The first-order chi connectivity index (χ1) is 8.04. The van der Waals surface area contributed by atoms with Crippen LogP contribution in [0, 0.1) is 6.92 Å². The van der Waals surface area contributed by atoms with Gasteiger partial charge in [0.2, 0.25) is 0 Å². The fourth-order valence-electron chi connectivity index (χ4n) is 1.72. The highest BCUT2D eigenvalue weighted by Crippen LogP contribution is 2.28. The number of aliphatic hydroxyl groups is 1. The zero-order chi connectivity index (χ0) is 12.6. The Morgan fingerprint density at radius 2 is 2.06 bits per heavy atom. The molecule has 0 saturated carbocycles. The van der Waals surface area contributed by atoms with Gasteiger partial charge in [0, 0.05) is 5.69 Å². The molecule has 2 aromatic heterocycles. The maximum absolute atomic E-state index is 11.6. The fourth-order valence-corrected chi connectivity index (χ4v) is 1.72. The number of hydrogen-bond donors (Lipinski definition) is 2. The number of carbonyl (C=O) groups is 1. The summed E-state index contributed by atoms with van der Waals surface area (Å²) in [6.07, 6.45) is 0. The van der Waals surface area contributed by atoms with E-state index in [4.69, 9.17) is 5.11 Å². The average Bonchev–Trinajstić information content (AvgIpc) is 2.27. The van der Waals surface area contributed by atoms with Gasteiger partial charge in [0.1, 0.15) is 11.2 Å². The molecule has 0 saturated heterocycles. The molecule has 0 aliphatic carbocycles. The van der Waals surface area contributed by atoms with Crippen molar-refractivity contribution in [2.24, 2.45) is 0 Å². The SMILES string of the molecule is CC(=O)c1c(O)c(CO)nc2ccc(C)nc12. The van der Waals surface area contributed by atoms with Crippen molar-refractivity contribution in [3.8, 4) is 5.75 Å². The lowest BCUT2D eigenvalue weighted by Crippen LogP contribution is -2.03. The van der Waals surface area contributed by atoms with Crippen molar-refractivity contribution >= 4 is 16.8 Å². The van der Waals surface area contributed by atoms with Crippen LogP contribution in [0.5, 0.6) is 5.75 Å². The predicted molar refractivity (Wildman–Crippen MR) is 61.9 cm³/mol. The molecule has 0 fully saturated rings. The molecule has 5 heteroatoms. The van der Waals surface area contributed by atoms with E-state index in [-0.39, 0.29) is 22.8 Å². The van der Waals surface area contributed by atoms with E-state index in [1.165, 1.54) is 6.92 Å². The molecule has 2 rings (SSSR count). The number of aryl methyl sites for hydroxylation is 1. The monoisotopic (exact) mass is 232 g/mol. The molecule has 0 unspecified atom stereocenters. The van der Waals surface area contributed by atoms with Crippen LogP contribution in [-0.4, -0.2) is 26.0 Å². The number of nitrogens with zero attached hydrogens (tertiary/aromatic N) is 2. The Bertz CT molecular complexity index is 608. The number of Topliss-reactive ketones (excluding diaryl/α,β-unsaturated/α-hetero) is 1. The highest BCUT2D eigenvalue weighted by Gasteiger charge is 2.18. The molecule has 5 nitrogen and oxygen atoms in total. The first-order valence-electron chi connectivity index (χ1n) is 5.15. The molecular formula is C12H12N2O3. The van der Waals surface area contributed by atoms with Crippen molar-refractivity contribution in [3.63, 3.8) is 0 Å². The van der Waals surface area contributed by atoms with E-state index in [9.17, 15) is 9.90 Å². The number of pyridine rings is 2. The van der Waals surface area contributed by atoms with Crippen molar-refractivity contribution < 1.29 is 15.0 Å². The van der Waals surface area contributed by atoms with E-state index < -0.39 is 6.61 Å². The maximum Gasteiger partial charge on any atom is 0.165 e. The van der Waals surface area contributed by atoms with E-state index in [0.29, 0.717) is 11.0 Å². The molecule has 2 heterocycles. The summed E-state index contributed by atoms with van der Waals surface area (Å²) in [5, 5.41) is 18.9. The third-order valence-electron chi connectivity index (χ3n) is 2.52. The number of rotatable bonds is 2. The van der Waals surface area contributed by atoms with Crippen LogP contribution < -0.4 is 0 Å². The normalized spacial score (nSPS) is 10.8. The fraction of sp³-hybridized carbons (Fsp3) is 0.250. The van der Waals surface area contributed by atoms with E-state index in [1.807, 2.05) is 0 Å². The topological polar surface area (TPSA) is 83.3 Å². The van der Waals surface area contributed by atoms with Crippen LogP contribution in [-0.2, 0) is 6.61 Å². The predicted octanol–water partition coefficient (Wildman–Crippen LogP) is 1.34. The van der Waals surface area contributed by atoms with Crippen LogP contribution in [0.1, 0.15) is 28.7 Å². The Hall–Kier alpha value is -2.01. The Labute approximate surface area is 97.8 Å². The minimum absolute atomic E-state index is 0.0911. The molecule has 0 aromatic carbocycles. The molecule has 2 N–H and O–H groups in total. The van der Waals surface area contributed by atoms with E-state index in [1.54, 1.807) is 19.1 Å². The minimum Gasteiger partial charge on any atom is -0.505 e. The van der Waals surface area contributed by atoms with Crippen molar-refractivity contribution in [1.29, 1.82) is 0 Å². The van der Waals surface area contributed by atoms with Crippen molar-refractivity contribution in [2.45, 2.75) is 20.5 Å². The van der Waals surface area contributed by atoms with Crippen LogP contribution in [0.15, 0.2) is 12.1 Å². The minimum atomic E-state index is -0.421. The summed E-state index contributed by atoms with van der Waals surface area (Å²) in [6.45, 7) is 2.72. The van der Waals surface area contributed by atoms with Gasteiger partial charge in [0.25, 0.3) is 0 Å². The standard InChI is InChI=1S/C12H12N2O3/c1-6-3-4-8-11(13-6)10(7(2)16)12(17)9(5-15)14-8/h3-4,15,17H,5H2,1-2H3. The van der Waals surface area contributed by atoms with Crippen LogP contribution in [0.2, 0.25) is 0 Å². The number of fused-ring (bicyclic) bond motifs is 1. The summed E-state index contributed by atoms with van der Waals surface area (Å²) in [6, 6.07) is 3.47. The maximum atomic E-state index is 11.6. The zero-order valence-electron chi connectivity index (χ0n) is 9.56. The summed E-state index contributed by atoms with van der Waals surface area (Å²) >= 11 is 0. The summed E-state index contributed by atoms with van der Waals surface area (Å²) in [7, 11) is 0. The first kappa shape index (κ1) is 11.5. The molecule has 0 aliphatic rings. The van der Waals surface area contributed by atoms with Gasteiger partial charge in [-0.1, -0.05) is 0 Å². The molecule has 88 valence electrons. The summed E-state index contributed by atoms with van der Waals surface area (Å²) in [5.41, 5.74) is 1.80. The van der Waals surface area contributed by atoms with Crippen molar-refractivity contribution in [3.05, 3.63) is 29.1 Å². The highest BCUT2D eigenvalue weighted by atomic mass is 16.3. The number of carbonyl (C=O) groups excluding carboxylic acids is 1. The summed E-state index contributed by atoms with van der Waals surface area (Å²) < 4.78 is 0. The molecule has 0 bridgehead atoms. The molecule has 0 atom stereocenters. The van der Waals surface area contributed by atoms with Gasteiger partial charge in [-0.3, -0.25) is 9.78 Å². The molecule has 0 spiro atoms. The quantitative estimate of drug-likeness (QED) is 0.763. The molecule has 0 aliphatic heterocycles. The third-order valence-corrected chi connectivity index (χ3v) is 2.52. The van der Waals surface area contributed by atoms with Gasteiger partial charge in [0.15, 0.2) is 11.5 Å². The van der Waals surface area contributed by atoms with Gasteiger partial charge in [-0.15, -0.1) is 0 Å². The first-order valence-corrected chi connectivity index (χ1v) is 5.15. The van der Waals surface area contributed by atoms with Gasteiger partial charge >= 0.3 is 0 Å². The number of aromatic nitrogens is 2. The van der Waals surface area contributed by atoms with E-state index in [0.717, 1.165) is 5.69 Å². The Morgan fingerprint density at radius 3 is 2.65 bits per heavy atom. The highest BCUT2D eigenvalue weighted by molar-refractivity contribution is 6.07. The number of ketones is 1. The number of hydrogen-bond acceptors (Lipinski definition) is 5. The van der Waals surface area contributed by atoms with Crippen LogP contribution >= 0.6 is 0 Å². The number of aliphatic hydroxyl groups excluding tert-OH is 1. The van der Waals surface area contributed by atoms with E-state index >= 15 is 0 Å². The lowest BCUT2D eigenvalue weighted by molar-refractivity contribution is 0.101. The molecule has 2 aromatic rings. The van der Waals surface area contributed by atoms with Crippen LogP contribution in [0.25, 0.3) is 11.0 Å². The molecule has 0 amide bonds. The molecule has 17 heavy (non-hydrogen) atoms. The lowest BCUT2D eigenvalue weighted by atomic mass is 10.1. The second kappa shape index (κ2) is 4.10. The number of aromatic hydroxyl groups is 1. The van der Waals surface area contributed by atoms with Crippen molar-refractivity contribution in [1.82, 2.24) is 9.97 Å². The van der Waals surface area contributed by atoms with Crippen LogP contribution in [0.4, 0.5) is 0 Å². The zero-order valence-corrected chi connectivity index (χ0v) is 9.56.